The number of rotatable bonds is 7. The monoisotopic (exact) mass is 744 g/mol. The highest BCUT2D eigenvalue weighted by atomic mass is 15.0. The van der Waals surface area contributed by atoms with E-state index in [9.17, 15) is 0 Å². The number of para-hydroxylation sites is 3. The van der Waals surface area contributed by atoms with Gasteiger partial charge in [-0.1, -0.05) is 133 Å². The number of aliphatic imine (C=N–C) groups is 2. The summed E-state index contributed by atoms with van der Waals surface area (Å²) in [5.41, 5.74) is 18.5. The number of hydrogen-bond acceptors (Lipinski definition) is 2. The van der Waals surface area contributed by atoms with Gasteiger partial charge in [0.2, 0.25) is 0 Å². The van der Waals surface area contributed by atoms with Crippen LogP contribution < -0.4 is 0 Å². The van der Waals surface area contributed by atoms with Crippen LogP contribution in [0, 0.1) is 0 Å². The summed E-state index contributed by atoms with van der Waals surface area (Å²) in [7, 11) is 0. The normalized spacial score (nSPS) is 15.0. The number of hydrogen-bond donors (Lipinski definition) is 0. The maximum absolute atomic E-state index is 5.37. The Hall–Kier alpha value is -7.30. The predicted molar refractivity (Wildman–Crippen MR) is 244 cm³/mol. The van der Waals surface area contributed by atoms with Crippen molar-refractivity contribution in [1.29, 1.82) is 0 Å². The van der Waals surface area contributed by atoms with E-state index >= 15 is 0 Å². The summed E-state index contributed by atoms with van der Waals surface area (Å²) in [6.45, 7) is 4.63. The molecule has 7 aromatic carbocycles. The van der Waals surface area contributed by atoms with Crippen LogP contribution in [-0.2, 0) is 19.4 Å². The molecule has 0 atom stereocenters. The first-order valence-corrected chi connectivity index (χ1v) is 20.1. The van der Waals surface area contributed by atoms with Crippen molar-refractivity contribution in [3.63, 3.8) is 0 Å². The molecule has 0 aliphatic heterocycles. The molecule has 4 heteroatoms. The molecule has 0 saturated carbocycles. The molecule has 2 aromatic heterocycles. The highest BCUT2D eigenvalue weighted by Crippen LogP contribution is 2.40. The third-order valence-electron chi connectivity index (χ3n) is 12.0. The van der Waals surface area contributed by atoms with E-state index in [-0.39, 0.29) is 0 Å². The third-order valence-corrected chi connectivity index (χ3v) is 12.0. The van der Waals surface area contributed by atoms with Gasteiger partial charge in [0.05, 0.1) is 34.5 Å². The highest BCUT2D eigenvalue weighted by Gasteiger charge is 2.28. The molecule has 0 N–H and O–H groups in total. The first-order chi connectivity index (χ1) is 28.7. The maximum Gasteiger partial charge on any atom is 0.0751 e. The fourth-order valence-corrected chi connectivity index (χ4v) is 9.34. The van der Waals surface area contributed by atoms with E-state index in [2.05, 4.69) is 197 Å². The first kappa shape index (κ1) is 34.0. The first-order valence-electron chi connectivity index (χ1n) is 20.1. The molecule has 276 valence electrons. The average Bonchev–Trinajstić information content (AvgIpc) is 3.94. The van der Waals surface area contributed by atoms with Gasteiger partial charge in [-0.2, -0.15) is 0 Å². The Morgan fingerprint density at radius 1 is 0.586 bits per heavy atom. The van der Waals surface area contributed by atoms with Crippen molar-refractivity contribution in [3.8, 4) is 22.5 Å². The van der Waals surface area contributed by atoms with Gasteiger partial charge in [0, 0.05) is 56.3 Å². The largest absolute Gasteiger partial charge is 0.309 e. The van der Waals surface area contributed by atoms with E-state index in [1.807, 2.05) is 6.07 Å². The molecule has 4 nitrogen and oxygen atoms in total. The number of aromatic nitrogens is 2. The van der Waals surface area contributed by atoms with Gasteiger partial charge >= 0.3 is 0 Å². The van der Waals surface area contributed by atoms with Crippen molar-refractivity contribution in [1.82, 2.24) is 9.13 Å². The lowest BCUT2D eigenvalue weighted by atomic mass is 9.98. The maximum atomic E-state index is 5.37. The van der Waals surface area contributed by atoms with Crippen molar-refractivity contribution in [2.45, 2.75) is 25.8 Å². The molecule has 2 aliphatic carbocycles. The van der Waals surface area contributed by atoms with Gasteiger partial charge in [-0.05, 0) is 95.9 Å². The summed E-state index contributed by atoms with van der Waals surface area (Å²) in [6, 6.07) is 61.4. The Kier molecular flexibility index (Phi) is 8.21. The zero-order valence-corrected chi connectivity index (χ0v) is 32.1. The molecular formula is C54H40N4. The lowest BCUT2D eigenvalue weighted by Gasteiger charge is -2.17. The van der Waals surface area contributed by atoms with Crippen LogP contribution >= 0.6 is 0 Å². The molecule has 0 saturated heterocycles. The second-order valence-corrected chi connectivity index (χ2v) is 15.3. The summed E-state index contributed by atoms with van der Waals surface area (Å²) < 4.78 is 4.92. The molecule has 58 heavy (non-hydrogen) atoms. The van der Waals surface area contributed by atoms with Crippen LogP contribution in [0.15, 0.2) is 191 Å². The molecule has 0 bridgehead atoms. The van der Waals surface area contributed by atoms with Gasteiger partial charge in [-0.15, -0.1) is 0 Å². The van der Waals surface area contributed by atoms with E-state index in [0.717, 1.165) is 69.9 Å². The Labute approximate surface area is 338 Å². The number of nitrogens with zero attached hydrogens (tertiary/aromatic N) is 4. The summed E-state index contributed by atoms with van der Waals surface area (Å²) in [6.07, 6.45) is 7.48. The van der Waals surface area contributed by atoms with Crippen molar-refractivity contribution in [2.75, 3.05) is 0 Å². The summed E-state index contributed by atoms with van der Waals surface area (Å²) in [4.78, 5) is 10.0. The van der Waals surface area contributed by atoms with E-state index in [1.165, 1.54) is 55.1 Å². The molecule has 2 aliphatic rings. The molecular weight excluding hydrogens is 705 g/mol. The van der Waals surface area contributed by atoms with E-state index < -0.39 is 0 Å². The Bertz CT molecular complexity index is 3120. The van der Waals surface area contributed by atoms with Gasteiger partial charge < -0.3 is 9.13 Å². The number of benzene rings is 7. The van der Waals surface area contributed by atoms with Crippen LogP contribution in [0.1, 0.15) is 39.9 Å². The lowest BCUT2D eigenvalue weighted by molar-refractivity contribution is 0.967. The molecule has 11 rings (SSSR count). The SMILES string of the molecule is C=N/C(=C1/Cc2ccc(-c3cc(-n4c5c(c6ccccc64)CCC=C5)cc(-n4c5ccccc5c5ccccc54)c3)cc2C1=NCc1ccccc1)c1ccccc1. The van der Waals surface area contributed by atoms with Crippen LogP contribution in [-0.4, -0.2) is 21.6 Å². The molecule has 0 radical (unpaired) electrons. The molecule has 2 heterocycles. The molecule has 0 amide bonds. The molecule has 9 aromatic rings. The van der Waals surface area contributed by atoms with Crippen LogP contribution in [0.2, 0.25) is 0 Å². The predicted octanol–water partition coefficient (Wildman–Crippen LogP) is 13.0. The zero-order valence-electron chi connectivity index (χ0n) is 32.1. The van der Waals surface area contributed by atoms with Crippen LogP contribution in [0.3, 0.4) is 0 Å². The minimum absolute atomic E-state index is 0.579. The molecule has 0 fully saturated rings. The van der Waals surface area contributed by atoms with E-state index in [4.69, 9.17) is 4.99 Å². The summed E-state index contributed by atoms with van der Waals surface area (Å²) in [5.74, 6) is 0. The van der Waals surface area contributed by atoms with Crippen LogP contribution in [0.4, 0.5) is 0 Å². The Morgan fingerprint density at radius 3 is 1.91 bits per heavy atom. The van der Waals surface area contributed by atoms with Crippen molar-refractivity contribution < 1.29 is 0 Å². The van der Waals surface area contributed by atoms with Gasteiger partial charge in [0.25, 0.3) is 0 Å². The van der Waals surface area contributed by atoms with Crippen molar-refractivity contribution in [3.05, 3.63) is 215 Å². The van der Waals surface area contributed by atoms with Crippen LogP contribution in [0.25, 0.3) is 67.0 Å². The van der Waals surface area contributed by atoms with E-state index in [0.29, 0.717) is 6.54 Å². The van der Waals surface area contributed by atoms with E-state index in [1.54, 1.807) is 0 Å². The Morgan fingerprint density at radius 2 is 1.21 bits per heavy atom. The minimum Gasteiger partial charge on any atom is -0.309 e. The fraction of sp³-hybridized carbons (Fsp3) is 0.0741. The topological polar surface area (TPSA) is 34.6 Å². The quantitative estimate of drug-likeness (QED) is 0.146. The van der Waals surface area contributed by atoms with Crippen molar-refractivity contribution in [2.24, 2.45) is 9.98 Å². The average molecular weight is 745 g/mol. The molecule has 0 unspecified atom stereocenters. The number of allylic oxidation sites excluding steroid dienone is 2. The smallest absolute Gasteiger partial charge is 0.0751 e. The number of aryl methyl sites for hydroxylation is 1. The summed E-state index contributed by atoms with van der Waals surface area (Å²) >= 11 is 0. The summed E-state index contributed by atoms with van der Waals surface area (Å²) in [5, 5.41) is 3.82. The Balaban J connectivity index is 1.15. The highest BCUT2D eigenvalue weighted by molar-refractivity contribution is 6.21. The van der Waals surface area contributed by atoms with Crippen LogP contribution in [0.5, 0.6) is 0 Å². The standard InChI is InChI=1S/C54H40N4/c1-55-53(37-18-6-3-7-19-37)48-33-39-29-28-38(32-47(39)54(48)56-35-36-16-4-2-5-17-36)40-30-41(57-49-24-12-8-20-43(49)44-21-9-13-25-50(44)57)34-42(31-40)58-51-26-14-10-22-45(51)46-23-11-15-27-52(46)58/h2-10,12-22,24-32,34H,1,11,23,33,35H2/b53-48-,56-54?. The number of fused-ring (bicyclic) bond motifs is 7. The fourth-order valence-electron chi connectivity index (χ4n) is 9.34. The third kappa shape index (κ3) is 5.60. The molecule has 0 spiro atoms. The second-order valence-electron chi connectivity index (χ2n) is 15.3. The minimum atomic E-state index is 0.579. The van der Waals surface area contributed by atoms with Gasteiger partial charge in [-0.3, -0.25) is 9.98 Å². The van der Waals surface area contributed by atoms with Gasteiger partial charge in [0.1, 0.15) is 0 Å². The van der Waals surface area contributed by atoms with Gasteiger partial charge in [-0.25, -0.2) is 0 Å². The second kappa shape index (κ2) is 14.0. The van der Waals surface area contributed by atoms with Gasteiger partial charge in [0.15, 0.2) is 0 Å². The lowest BCUT2D eigenvalue weighted by Crippen LogP contribution is -2.04. The zero-order chi connectivity index (χ0) is 38.6. The van der Waals surface area contributed by atoms with Crippen molar-refractivity contribution >= 4 is 56.9 Å².